The average Bonchev–Trinajstić information content (AvgIpc) is 3.28. The summed E-state index contributed by atoms with van der Waals surface area (Å²) < 4.78 is 7.29. The molecule has 0 unspecified atom stereocenters. The molecule has 0 aliphatic rings. The van der Waals surface area contributed by atoms with Gasteiger partial charge in [0.15, 0.2) is 0 Å². The minimum Gasteiger partial charge on any atom is -0.383 e. The van der Waals surface area contributed by atoms with Crippen LogP contribution in [0.2, 0.25) is 0 Å². The summed E-state index contributed by atoms with van der Waals surface area (Å²) in [6, 6.07) is 18.0. The Bertz CT molecular complexity index is 1070. The lowest BCUT2D eigenvalue weighted by Crippen LogP contribution is -2.06. The van der Waals surface area contributed by atoms with E-state index in [4.69, 9.17) is 10.3 Å². The highest BCUT2D eigenvalue weighted by molar-refractivity contribution is 7.98. The summed E-state index contributed by atoms with van der Waals surface area (Å²) in [7, 11) is 0. The SMILES string of the molecule is CSc1nn(Cc2ccccc2)c(N)c1-c1nc(-c2cccc(C)c2)no1. The van der Waals surface area contributed by atoms with Crippen molar-refractivity contribution < 1.29 is 4.52 Å². The lowest BCUT2D eigenvalue weighted by Gasteiger charge is -2.04. The lowest BCUT2D eigenvalue weighted by atomic mass is 10.1. The Kier molecular flexibility index (Phi) is 4.68. The highest BCUT2D eigenvalue weighted by Gasteiger charge is 2.23. The Morgan fingerprint density at radius 1 is 1.11 bits per heavy atom. The van der Waals surface area contributed by atoms with E-state index in [0.29, 0.717) is 29.6 Å². The van der Waals surface area contributed by atoms with Crippen molar-refractivity contribution in [3.8, 4) is 22.8 Å². The van der Waals surface area contributed by atoms with Crippen molar-refractivity contribution in [3.05, 3.63) is 65.7 Å². The molecule has 4 aromatic rings. The quantitative estimate of drug-likeness (QED) is 0.523. The summed E-state index contributed by atoms with van der Waals surface area (Å²) in [5, 5.41) is 9.52. The first-order valence-electron chi connectivity index (χ1n) is 8.51. The van der Waals surface area contributed by atoms with Crippen molar-refractivity contribution in [3.63, 3.8) is 0 Å². The van der Waals surface area contributed by atoms with Crippen LogP contribution in [-0.2, 0) is 6.54 Å². The highest BCUT2D eigenvalue weighted by atomic mass is 32.2. The molecule has 0 fully saturated rings. The van der Waals surface area contributed by atoms with Crippen LogP contribution in [0, 0.1) is 6.92 Å². The van der Waals surface area contributed by atoms with E-state index in [0.717, 1.165) is 21.7 Å². The van der Waals surface area contributed by atoms with Crippen molar-refractivity contribution in [2.45, 2.75) is 18.5 Å². The maximum atomic E-state index is 6.39. The van der Waals surface area contributed by atoms with Crippen molar-refractivity contribution in [2.75, 3.05) is 12.0 Å². The molecule has 0 radical (unpaired) electrons. The topological polar surface area (TPSA) is 82.8 Å². The zero-order chi connectivity index (χ0) is 18.8. The summed E-state index contributed by atoms with van der Waals surface area (Å²) in [5.41, 5.74) is 10.2. The largest absolute Gasteiger partial charge is 0.383 e. The zero-order valence-electron chi connectivity index (χ0n) is 15.1. The van der Waals surface area contributed by atoms with Crippen LogP contribution in [0.5, 0.6) is 0 Å². The second-order valence-electron chi connectivity index (χ2n) is 6.21. The molecule has 6 nitrogen and oxygen atoms in total. The smallest absolute Gasteiger partial charge is 0.264 e. The summed E-state index contributed by atoms with van der Waals surface area (Å²) in [4.78, 5) is 4.56. The van der Waals surface area contributed by atoms with Gasteiger partial charge in [-0.05, 0) is 24.8 Å². The van der Waals surface area contributed by atoms with Gasteiger partial charge in [0.05, 0.1) is 6.54 Å². The molecule has 27 heavy (non-hydrogen) atoms. The number of aromatic nitrogens is 4. The molecule has 0 saturated carbocycles. The van der Waals surface area contributed by atoms with Crippen LogP contribution < -0.4 is 5.73 Å². The normalized spacial score (nSPS) is 11.0. The molecule has 136 valence electrons. The van der Waals surface area contributed by atoms with Crippen LogP contribution in [0.3, 0.4) is 0 Å². The second kappa shape index (κ2) is 7.28. The number of anilines is 1. The number of benzene rings is 2. The van der Waals surface area contributed by atoms with Crippen molar-refractivity contribution >= 4 is 17.6 Å². The van der Waals surface area contributed by atoms with Crippen molar-refractivity contribution in [2.24, 2.45) is 0 Å². The molecule has 0 atom stereocenters. The molecule has 0 spiro atoms. The van der Waals surface area contributed by atoms with Crippen molar-refractivity contribution in [1.82, 2.24) is 19.9 Å². The average molecular weight is 377 g/mol. The third-order valence-electron chi connectivity index (χ3n) is 4.24. The van der Waals surface area contributed by atoms with E-state index in [2.05, 4.69) is 15.2 Å². The van der Waals surface area contributed by atoms with Gasteiger partial charge in [-0.2, -0.15) is 10.1 Å². The summed E-state index contributed by atoms with van der Waals surface area (Å²) in [6.07, 6.45) is 1.95. The molecule has 0 aliphatic carbocycles. The lowest BCUT2D eigenvalue weighted by molar-refractivity contribution is 0.431. The van der Waals surface area contributed by atoms with E-state index >= 15 is 0 Å². The molecule has 2 N–H and O–H groups in total. The first-order chi connectivity index (χ1) is 13.2. The molecular weight excluding hydrogens is 358 g/mol. The fourth-order valence-corrected chi connectivity index (χ4v) is 3.48. The second-order valence-corrected chi connectivity index (χ2v) is 7.00. The van der Waals surface area contributed by atoms with Gasteiger partial charge in [0.1, 0.15) is 16.4 Å². The number of nitrogen functional groups attached to an aromatic ring is 1. The van der Waals surface area contributed by atoms with Gasteiger partial charge in [-0.15, -0.1) is 11.8 Å². The van der Waals surface area contributed by atoms with E-state index in [1.165, 1.54) is 11.8 Å². The Morgan fingerprint density at radius 3 is 2.67 bits per heavy atom. The molecule has 0 bridgehead atoms. The van der Waals surface area contributed by atoms with Gasteiger partial charge in [0, 0.05) is 5.56 Å². The number of nitrogens with two attached hydrogens (primary N) is 1. The van der Waals surface area contributed by atoms with Gasteiger partial charge in [-0.1, -0.05) is 59.3 Å². The maximum absolute atomic E-state index is 6.39. The fourth-order valence-electron chi connectivity index (χ4n) is 2.90. The van der Waals surface area contributed by atoms with E-state index in [9.17, 15) is 0 Å². The Labute approximate surface area is 161 Å². The molecule has 0 amide bonds. The minimum absolute atomic E-state index is 0.382. The Morgan fingerprint density at radius 2 is 1.93 bits per heavy atom. The van der Waals surface area contributed by atoms with Crippen LogP contribution in [0.4, 0.5) is 5.82 Å². The number of nitrogens with zero attached hydrogens (tertiary/aromatic N) is 4. The van der Waals surface area contributed by atoms with Crippen LogP contribution in [-0.4, -0.2) is 26.2 Å². The summed E-state index contributed by atoms with van der Waals surface area (Å²) >= 11 is 1.50. The molecule has 4 rings (SSSR count). The number of rotatable bonds is 5. The van der Waals surface area contributed by atoms with Crippen LogP contribution >= 0.6 is 11.8 Å². The molecular formula is C20H19N5OS. The first kappa shape index (κ1) is 17.4. The van der Waals surface area contributed by atoms with E-state index in [-0.39, 0.29) is 0 Å². The number of hydrogen-bond donors (Lipinski definition) is 1. The van der Waals surface area contributed by atoms with E-state index in [1.807, 2.05) is 67.8 Å². The maximum Gasteiger partial charge on any atom is 0.264 e. The van der Waals surface area contributed by atoms with Gasteiger partial charge >= 0.3 is 0 Å². The summed E-state index contributed by atoms with van der Waals surface area (Å²) in [5.74, 6) is 1.44. The first-order valence-corrected chi connectivity index (χ1v) is 9.73. The Hall–Kier alpha value is -3.06. The molecule has 2 aromatic carbocycles. The van der Waals surface area contributed by atoms with Gasteiger partial charge in [-0.25, -0.2) is 4.68 Å². The van der Waals surface area contributed by atoms with Crippen molar-refractivity contribution in [1.29, 1.82) is 0 Å². The molecule has 0 aliphatic heterocycles. The van der Waals surface area contributed by atoms with Crippen LogP contribution in [0.1, 0.15) is 11.1 Å². The third kappa shape index (κ3) is 3.46. The monoisotopic (exact) mass is 377 g/mol. The number of aryl methyl sites for hydroxylation is 1. The van der Waals surface area contributed by atoms with Gasteiger partial charge in [0.25, 0.3) is 5.89 Å². The standard InChI is InChI=1S/C20H19N5OS/c1-13-7-6-10-15(11-13)18-22-19(26-24-18)16-17(21)25(23-20(16)27-2)12-14-8-4-3-5-9-14/h3-11H,12,21H2,1-2H3. The predicted octanol–water partition coefficient (Wildman–Crippen LogP) is 4.26. The summed E-state index contributed by atoms with van der Waals surface area (Å²) in [6.45, 7) is 2.61. The number of thioether (sulfide) groups is 1. The van der Waals surface area contributed by atoms with Gasteiger partial charge in [-0.3, -0.25) is 0 Å². The fraction of sp³-hybridized carbons (Fsp3) is 0.150. The van der Waals surface area contributed by atoms with Crippen LogP contribution in [0.15, 0.2) is 64.1 Å². The third-order valence-corrected chi connectivity index (χ3v) is 4.92. The predicted molar refractivity (Wildman–Crippen MR) is 107 cm³/mol. The highest BCUT2D eigenvalue weighted by Crippen LogP contribution is 2.35. The van der Waals surface area contributed by atoms with E-state index in [1.54, 1.807) is 4.68 Å². The minimum atomic E-state index is 0.382. The van der Waals surface area contributed by atoms with Gasteiger partial charge < -0.3 is 10.3 Å². The molecule has 0 saturated heterocycles. The molecule has 7 heteroatoms. The molecule has 2 aromatic heterocycles. The number of hydrogen-bond acceptors (Lipinski definition) is 6. The van der Waals surface area contributed by atoms with E-state index < -0.39 is 0 Å². The Balaban J connectivity index is 1.71. The van der Waals surface area contributed by atoms with Crippen LogP contribution in [0.25, 0.3) is 22.8 Å². The molecule has 2 heterocycles. The van der Waals surface area contributed by atoms with Gasteiger partial charge in [0.2, 0.25) is 5.82 Å². The zero-order valence-corrected chi connectivity index (χ0v) is 15.9.